The monoisotopic (exact) mass is 238 g/mol. The molecule has 1 fully saturated rings. The summed E-state index contributed by atoms with van der Waals surface area (Å²) in [6.45, 7) is 6.73. The summed E-state index contributed by atoms with van der Waals surface area (Å²) in [6.07, 6.45) is 0.308. The first-order valence-corrected chi connectivity index (χ1v) is 6.17. The number of morpholine rings is 1. The highest BCUT2D eigenvalue weighted by molar-refractivity contribution is 5.08. The summed E-state index contributed by atoms with van der Waals surface area (Å²) >= 11 is 0. The van der Waals surface area contributed by atoms with Gasteiger partial charge in [-0.25, -0.2) is 0 Å². The summed E-state index contributed by atoms with van der Waals surface area (Å²) in [5, 5.41) is 7.55. The number of aryl methyl sites for hydroxylation is 2. The van der Waals surface area contributed by atoms with E-state index < -0.39 is 0 Å². The number of rotatable bonds is 4. The third kappa shape index (κ3) is 3.28. The smallest absolute Gasteiger partial charge is 0.0826 e. The maximum atomic E-state index is 5.70. The van der Waals surface area contributed by atoms with Crippen molar-refractivity contribution in [3.8, 4) is 0 Å². The van der Waals surface area contributed by atoms with Gasteiger partial charge in [-0.3, -0.25) is 9.58 Å². The topological polar surface area (TPSA) is 42.3 Å². The van der Waals surface area contributed by atoms with Crippen molar-refractivity contribution >= 4 is 0 Å². The molecule has 1 aromatic heterocycles. The highest BCUT2D eigenvalue weighted by Crippen LogP contribution is 2.10. The van der Waals surface area contributed by atoms with E-state index in [-0.39, 0.29) is 0 Å². The van der Waals surface area contributed by atoms with Gasteiger partial charge in [-0.1, -0.05) is 0 Å². The van der Waals surface area contributed by atoms with Crippen LogP contribution in [0.2, 0.25) is 0 Å². The quantitative estimate of drug-likeness (QED) is 0.811. The fourth-order valence-electron chi connectivity index (χ4n) is 2.32. The molecule has 1 N–H and O–H groups in total. The van der Waals surface area contributed by atoms with Crippen molar-refractivity contribution in [2.45, 2.75) is 19.6 Å². The van der Waals surface area contributed by atoms with Gasteiger partial charge in [0.05, 0.1) is 24.1 Å². The summed E-state index contributed by atoms with van der Waals surface area (Å²) in [5.41, 5.74) is 2.36. The van der Waals surface area contributed by atoms with Crippen molar-refractivity contribution in [2.75, 3.05) is 33.3 Å². The van der Waals surface area contributed by atoms with Crippen molar-refractivity contribution in [1.82, 2.24) is 20.0 Å². The summed E-state index contributed by atoms with van der Waals surface area (Å²) in [7, 11) is 3.97. The molecule has 2 heterocycles. The van der Waals surface area contributed by atoms with E-state index in [9.17, 15) is 0 Å². The zero-order chi connectivity index (χ0) is 12.3. The Morgan fingerprint density at radius 3 is 3.06 bits per heavy atom. The van der Waals surface area contributed by atoms with E-state index in [1.165, 1.54) is 5.69 Å². The van der Waals surface area contributed by atoms with Gasteiger partial charge >= 0.3 is 0 Å². The second-order valence-electron chi connectivity index (χ2n) is 4.69. The first kappa shape index (κ1) is 12.5. The van der Waals surface area contributed by atoms with E-state index >= 15 is 0 Å². The Balaban J connectivity index is 1.92. The number of hydrogen-bond acceptors (Lipinski definition) is 4. The molecular formula is C12H22N4O. The SMILES string of the molecule is CNCC1CN(Cc2cc(C)nn2C)CCO1. The molecule has 2 rings (SSSR count). The lowest BCUT2D eigenvalue weighted by molar-refractivity contribution is -0.0298. The van der Waals surface area contributed by atoms with E-state index in [0.717, 1.165) is 38.5 Å². The first-order valence-electron chi connectivity index (χ1n) is 6.17. The number of aromatic nitrogens is 2. The summed E-state index contributed by atoms with van der Waals surface area (Å²) in [5.74, 6) is 0. The number of hydrogen-bond donors (Lipinski definition) is 1. The van der Waals surface area contributed by atoms with Crippen molar-refractivity contribution in [3.63, 3.8) is 0 Å². The van der Waals surface area contributed by atoms with E-state index in [4.69, 9.17) is 4.74 Å². The van der Waals surface area contributed by atoms with Gasteiger partial charge in [0.1, 0.15) is 0 Å². The van der Waals surface area contributed by atoms with Crippen LogP contribution in [0.1, 0.15) is 11.4 Å². The third-order valence-corrected chi connectivity index (χ3v) is 3.14. The summed E-state index contributed by atoms with van der Waals surface area (Å²) in [6, 6.07) is 2.16. The van der Waals surface area contributed by atoms with Gasteiger partial charge in [0.25, 0.3) is 0 Å². The maximum Gasteiger partial charge on any atom is 0.0826 e. The van der Waals surface area contributed by atoms with Crippen molar-refractivity contribution < 1.29 is 4.74 Å². The van der Waals surface area contributed by atoms with Gasteiger partial charge in [0, 0.05) is 33.2 Å². The Hall–Kier alpha value is -0.910. The molecule has 1 aliphatic heterocycles. The fourth-order valence-corrected chi connectivity index (χ4v) is 2.32. The minimum atomic E-state index is 0.308. The lowest BCUT2D eigenvalue weighted by atomic mass is 10.2. The molecule has 5 nitrogen and oxygen atoms in total. The van der Waals surface area contributed by atoms with Gasteiger partial charge in [0.2, 0.25) is 0 Å². The average Bonchev–Trinajstić information content (AvgIpc) is 2.58. The normalized spacial score (nSPS) is 21.9. The Labute approximate surface area is 103 Å². The fraction of sp³-hybridized carbons (Fsp3) is 0.750. The molecule has 0 bridgehead atoms. The van der Waals surface area contributed by atoms with Gasteiger partial charge in [-0.15, -0.1) is 0 Å². The van der Waals surface area contributed by atoms with Crippen LogP contribution in [0.4, 0.5) is 0 Å². The second-order valence-corrected chi connectivity index (χ2v) is 4.69. The van der Waals surface area contributed by atoms with E-state index in [2.05, 4.69) is 21.4 Å². The molecule has 5 heteroatoms. The molecule has 1 saturated heterocycles. The van der Waals surface area contributed by atoms with Crippen molar-refractivity contribution in [3.05, 3.63) is 17.5 Å². The molecule has 1 aliphatic rings. The second kappa shape index (κ2) is 5.62. The summed E-state index contributed by atoms with van der Waals surface area (Å²) < 4.78 is 7.67. The van der Waals surface area contributed by atoms with Crippen LogP contribution in [-0.4, -0.2) is 54.1 Å². The van der Waals surface area contributed by atoms with E-state index in [1.54, 1.807) is 0 Å². The van der Waals surface area contributed by atoms with Crippen LogP contribution >= 0.6 is 0 Å². The Kier molecular flexibility index (Phi) is 4.15. The third-order valence-electron chi connectivity index (χ3n) is 3.14. The van der Waals surface area contributed by atoms with Gasteiger partial charge in [-0.05, 0) is 20.0 Å². The number of nitrogens with one attached hydrogen (secondary N) is 1. The Morgan fingerprint density at radius 2 is 2.41 bits per heavy atom. The number of ether oxygens (including phenoxy) is 1. The van der Waals surface area contributed by atoms with E-state index in [0.29, 0.717) is 6.10 Å². The lowest BCUT2D eigenvalue weighted by Gasteiger charge is -2.32. The van der Waals surface area contributed by atoms with Gasteiger partial charge in [0.15, 0.2) is 0 Å². The lowest BCUT2D eigenvalue weighted by Crippen LogP contribution is -2.45. The van der Waals surface area contributed by atoms with Crippen LogP contribution in [0.3, 0.4) is 0 Å². The predicted molar refractivity (Wildman–Crippen MR) is 66.9 cm³/mol. The van der Waals surface area contributed by atoms with E-state index in [1.807, 2.05) is 25.7 Å². The summed E-state index contributed by atoms with van der Waals surface area (Å²) in [4.78, 5) is 2.43. The maximum absolute atomic E-state index is 5.70. The molecule has 1 unspecified atom stereocenters. The molecule has 0 spiro atoms. The highest BCUT2D eigenvalue weighted by atomic mass is 16.5. The molecule has 0 radical (unpaired) electrons. The first-order chi connectivity index (χ1) is 8.19. The van der Waals surface area contributed by atoms with Crippen LogP contribution in [0.25, 0.3) is 0 Å². The van der Waals surface area contributed by atoms with Crippen LogP contribution in [-0.2, 0) is 18.3 Å². The van der Waals surface area contributed by atoms with Crippen LogP contribution in [0.15, 0.2) is 6.07 Å². The largest absolute Gasteiger partial charge is 0.374 e. The Bertz CT molecular complexity index is 361. The molecule has 96 valence electrons. The molecule has 17 heavy (non-hydrogen) atoms. The van der Waals surface area contributed by atoms with Gasteiger partial charge < -0.3 is 10.1 Å². The van der Waals surface area contributed by atoms with Crippen LogP contribution < -0.4 is 5.32 Å². The van der Waals surface area contributed by atoms with Crippen LogP contribution in [0.5, 0.6) is 0 Å². The molecule has 0 aliphatic carbocycles. The number of nitrogens with zero attached hydrogens (tertiary/aromatic N) is 3. The molecular weight excluding hydrogens is 216 g/mol. The highest BCUT2D eigenvalue weighted by Gasteiger charge is 2.20. The van der Waals surface area contributed by atoms with Crippen molar-refractivity contribution in [1.29, 1.82) is 0 Å². The van der Waals surface area contributed by atoms with Gasteiger partial charge in [-0.2, -0.15) is 5.10 Å². The zero-order valence-corrected chi connectivity index (χ0v) is 10.9. The average molecular weight is 238 g/mol. The van der Waals surface area contributed by atoms with Crippen molar-refractivity contribution in [2.24, 2.45) is 7.05 Å². The predicted octanol–water partition coefficient (Wildman–Crippen LogP) is 0.149. The number of likely N-dealkylation sites (N-methyl/N-ethyl adjacent to an activating group) is 1. The Morgan fingerprint density at radius 1 is 1.59 bits per heavy atom. The molecule has 0 aromatic carbocycles. The minimum absolute atomic E-state index is 0.308. The standard InChI is InChI=1S/C12H22N4O/c1-10-6-11(15(3)14-10)8-16-4-5-17-12(9-16)7-13-2/h6,12-13H,4-5,7-9H2,1-3H3. The zero-order valence-electron chi connectivity index (χ0n) is 10.9. The molecule has 1 atom stereocenters. The molecule has 1 aromatic rings. The molecule has 0 amide bonds. The molecule has 0 saturated carbocycles. The van der Waals surface area contributed by atoms with Crippen LogP contribution in [0, 0.1) is 6.92 Å². The minimum Gasteiger partial charge on any atom is -0.374 e.